The molecule has 2 aromatic heterocycles. The molecule has 0 amide bonds. The van der Waals surface area contributed by atoms with Crippen LogP contribution >= 0.6 is 37.2 Å². The molecule has 0 saturated carbocycles. The van der Waals surface area contributed by atoms with Crippen LogP contribution in [0.25, 0.3) is 22.5 Å². The van der Waals surface area contributed by atoms with Gasteiger partial charge >= 0.3 is 0 Å². The molecule has 0 N–H and O–H groups in total. The summed E-state index contributed by atoms with van der Waals surface area (Å²) in [5, 5.41) is 0. The Hall–Kier alpha value is -4.41. The fraction of sp³-hybridized carbons (Fsp3) is 0.317. The lowest BCUT2D eigenvalue weighted by molar-refractivity contribution is 0.201. The SMILES string of the molecule is COc1ccc(N(Cc2ccnc(-c3cc(OC)c(OC)c(OC)c3)c2)C2CCN(Cc3ccnc(-c4ccc(C)c(OC)c4)c3)CC2)cc1.Cl.Cl.Cl. The van der Waals surface area contributed by atoms with Gasteiger partial charge < -0.3 is 28.6 Å². The Bertz CT molecular complexity index is 1880. The predicted molar refractivity (Wildman–Crippen MR) is 220 cm³/mol. The van der Waals surface area contributed by atoms with Gasteiger partial charge in [0.2, 0.25) is 5.75 Å². The maximum Gasteiger partial charge on any atom is 0.203 e. The number of likely N-dealkylation sites (tertiary alicyclic amines) is 1. The second kappa shape index (κ2) is 20.2. The monoisotopic (exact) mass is 782 g/mol. The number of aromatic nitrogens is 2. The van der Waals surface area contributed by atoms with Crippen molar-refractivity contribution in [1.29, 1.82) is 0 Å². The van der Waals surface area contributed by atoms with Gasteiger partial charge in [0.1, 0.15) is 11.5 Å². The number of hydrogen-bond acceptors (Lipinski definition) is 9. The first-order chi connectivity index (χ1) is 24.4. The Balaban J connectivity index is 0.00000252. The molecule has 3 aromatic carbocycles. The highest BCUT2D eigenvalue weighted by Gasteiger charge is 2.26. The second-order valence-electron chi connectivity index (χ2n) is 12.5. The highest BCUT2D eigenvalue weighted by molar-refractivity contribution is 5.86. The number of ether oxygens (including phenoxy) is 5. The third-order valence-corrected chi connectivity index (χ3v) is 9.47. The van der Waals surface area contributed by atoms with Crippen LogP contribution in [0.3, 0.4) is 0 Å². The minimum absolute atomic E-state index is 0. The number of nitrogens with zero attached hydrogens (tertiary/aromatic N) is 4. The summed E-state index contributed by atoms with van der Waals surface area (Å²) >= 11 is 0. The summed E-state index contributed by atoms with van der Waals surface area (Å²) in [7, 11) is 8.27. The second-order valence-corrected chi connectivity index (χ2v) is 12.5. The molecule has 12 heteroatoms. The van der Waals surface area contributed by atoms with E-state index in [1.54, 1.807) is 35.5 Å². The quantitative estimate of drug-likeness (QED) is 0.116. The average molecular weight is 784 g/mol. The molecule has 0 radical (unpaired) electrons. The van der Waals surface area contributed by atoms with Gasteiger partial charge in [-0.3, -0.25) is 14.9 Å². The lowest BCUT2D eigenvalue weighted by Gasteiger charge is -2.40. The van der Waals surface area contributed by atoms with Gasteiger partial charge in [-0.2, -0.15) is 0 Å². The highest BCUT2D eigenvalue weighted by Crippen LogP contribution is 2.41. The molecule has 9 nitrogen and oxygen atoms in total. The van der Waals surface area contributed by atoms with E-state index in [0.29, 0.717) is 23.3 Å². The van der Waals surface area contributed by atoms with Gasteiger partial charge in [0.05, 0.1) is 46.9 Å². The van der Waals surface area contributed by atoms with E-state index in [-0.39, 0.29) is 37.2 Å². The Kier molecular flexibility index (Phi) is 16.4. The van der Waals surface area contributed by atoms with Crippen molar-refractivity contribution in [2.45, 2.75) is 38.9 Å². The third kappa shape index (κ3) is 10.2. The van der Waals surface area contributed by atoms with E-state index < -0.39 is 0 Å². The topological polar surface area (TPSA) is 78.4 Å². The lowest BCUT2D eigenvalue weighted by atomic mass is 10.00. The van der Waals surface area contributed by atoms with Crippen molar-refractivity contribution in [3.05, 3.63) is 108 Å². The molecular weight excluding hydrogens is 735 g/mol. The van der Waals surface area contributed by atoms with Crippen LogP contribution in [0.1, 0.15) is 29.5 Å². The van der Waals surface area contributed by atoms with E-state index in [2.05, 4.69) is 76.3 Å². The molecule has 1 aliphatic rings. The normalized spacial score (nSPS) is 12.7. The van der Waals surface area contributed by atoms with Crippen molar-refractivity contribution in [3.63, 3.8) is 0 Å². The van der Waals surface area contributed by atoms with Crippen molar-refractivity contribution in [2.75, 3.05) is 53.5 Å². The fourth-order valence-corrected chi connectivity index (χ4v) is 6.72. The van der Waals surface area contributed by atoms with E-state index in [0.717, 1.165) is 78.6 Å². The Labute approximate surface area is 331 Å². The zero-order valence-electron chi connectivity index (χ0n) is 31.0. The molecule has 6 rings (SSSR count). The zero-order chi connectivity index (χ0) is 35.0. The summed E-state index contributed by atoms with van der Waals surface area (Å²) in [6, 6.07) is 27.5. The van der Waals surface area contributed by atoms with E-state index >= 15 is 0 Å². The van der Waals surface area contributed by atoms with Crippen LogP contribution in [0.15, 0.2) is 91.3 Å². The molecule has 3 heterocycles. The molecule has 284 valence electrons. The Morgan fingerprint density at radius 2 is 1.19 bits per heavy atom. The van der Waals surface area contributed by atoms with Gasteiger partial charge in [-0.1, -0.05) is 12.1 Å². The Morgan fingerprint density at radius 1 is 0.623 bits per heavy atom. The molecule has 1 saturated heterocycles. The smallest absolute Gasteiger partial charge is 0.203 e. The molecular formula is C41H49Cl3N4O5. The molecule has 1 aliphatic heterocycles. The largest absolute Gasteiger partial charge is 0.497 e. The molecule has 5 aromatic rings. The number of benzene rings is 3. The van der Waals surface area contributed by atoms with Crippen LogP contribution in [0.2, 0.25) is 0 Å². The maximum atomic E-state index is 5.61. The van der Waals surface area contributed by atoms with Crippen LogP contribution < -0.4 is 28.6 Å². The van der Waals surface area contributed by atoms with Crippen LogP contribution in [0, 0.1) is 6.92 Å². The van der Waals surface area contributed by atoms with Crippen LogP contribution in [0.4, 0.5) is 5.69 Å². The van der Waals surface area contributed by atoms with Crippen LogP contribution in [0.5, 0.6) is 28.7 Å². The molecule has 0 aliphatic carbocycles. The van der Waals surface area contributed by atoms with Crippen molar-refractivity contribution in [3.8, 4) is 51.3 Å². The van der Waals surface area contributed by atoms with Crippen LogP contribution in [-0.2, 0) is 13.1 Å². The summed E-state index contributed by atoms with van der Waals surface area (Å²) in [6.45, 7) is 5.68. The number of pyridine rings is 2. The number of hydrogen-bond donors (Lipinski definition) is 0. The first-order valence-electron chi connectivity index (χ1n) is 16.9. The molecule has 1 fully saturated rings. The summed E-state index contributed by atoms with van der Waals surface area (Å²) in [5.74, 6) is 3.47. The predicted octanol–water partition coefficient (Wildman–Crippen LogP) is 9.10. The van der Waals surface area contributed by atoms with Crippen molar-refractivity contribution < 1.29 is 23.7 Å². The van der Waals surface area contributed by atoms with E-state index in [4.69, 9.17) is 28.7 Å². The number of aryl methyl sites for hydroxylation is 1. The molecule has 0 spiro atoms. The van der Waals surface area contributed by atoms with Crippen molar-refractivity contribution >= 4 is 42.9 Å². The minimum atomic E-state index is 0. The molecule has 0 bridgehead atoms. The number of anilines is 1. The summed E-state index contributed by atoms with van der Waals surface area (Å²) in [5.41, 5.74) is 8.47. The number of piperidine rings is 1. The standard InChI is InChI=1S/C41H46N4O5.3ClH/c1-28-7-8-31(23-38(28)47-3)36-21-29(13-17-42-36)26-44-19-15-34(16-20-44)45(33-9-11-35(46-2)12-10-33)27-30-14-18-43-37(22-30)32-24-39(48-4)41(50-6)40(25-32)49-5;;;/h7-14,17-18,21-25,34H,15-16,19-20,26-27H2,1-6H3;3*1H. The number of halogens is 3. The highest BCUT2D eigenvalue weighted by atomic mass is 35.5. The van der Waals surface area contributed by atoms with Crippen LogP contribution in [-0.4, -0.2) is 69.5 Å². The van der Waals surface area contributed by atoms with Crippen molar-refractivity contribution in [1.82, 2.24) is 14.9 Å². The first-order valence-corrected chi connectivity index (χ1v) is 16.9. The van der Waals surface area contributed by atoms with Gasteiger partial charge in [0.15, 0.2) is 11.5 Å². The fourth-order valence-electron chi connectivity index (χ4n) is 6.72. The maximum absolute atomic E-state index is 5.61. The summed E-state index contributed by atoms with van der Waals surface area (Å²) in [4.78, 5) is 14.5. The van der Waals surface area contributed by atoms with Gasteiger partial charge in [-0.05, 0) is 103 Å². The average Bonchev–Trinajstić information content (AvgIpc) is 3.17. The summed E-state index contributed by atoms with van der Waals surface area (Å²) in [6.07, 6.45) is 5.88. The van der Waals surface area contributed by atoms with E-state index in [1.807, 2.05) is 36.7 Å². The van der Waals surface area contributed by atoms with Crippen molar-refractivity contribution in [2.24, 2.45) is 0 Å². The van der Waals surface area contributed by atoms with E-state index in [9.17, 15) is 0 Å². The summed E-state index contributed by atoms with van der Waals surface area (Å²) < 4.78 is 27.8. The molecule has 0 atom stereocenters. The van der Waals surface area contributed by atoms with Gasteiger partial charge in [-0.15, -0.1) is 37.2 Å². The molecule has 53 heavy (non-hydrogen) atoms. The van der Waals surface area contributed by atoms with Gasteiger partial charge in [0, 0.05) is 61.4 Å². The lowest BCUT2D eigenvalue weighted by Crippen LogP contribution is -2.44. The van der Waals surface area contributed by atoms with E-state index in [1.165, 1.54) is 16.8 Å². The third-order valence-electron chi connectivity index (χ3n) is 9.47. The number of rotatable bonds is 13. The first kappa shape index (κ1) is 43.0. The van der Waals surface area contributed by atoms with Gasteiger partial charge in [0.25, 0.3) is 0 Å². The molecule has 0 unspecified atom stereocenters. The van der Waals surface area contributed by atoms with Gasteiger partial charge in [-0.25, -0.2) is 0 Å². The zero-order valence-corrected chi connectivity index (χ0v) is 33.5. The minimum Gasteiger partial charge on any atom is -0.497 e. The number of methoxy groups -OCH3 is 5. The Morgan fingerprint density at radius 3 is 1.77 bits per heavy atom.